The highest BCUT2D eigenvalue weighted by atomic mass is 19.1. The molecule has 0 saturated carbocycles. The Morgan fingerprint density at radius 2 is 2.05 bits per heavy atom. The van der Waals surface area contributed by atoms with E-state index in [4.69, 9.17) is 9.47 Å². The van der Waals surface area contributed by atoms with Gasteiger partial charge >= 0.3 is 0 Å². The van der Waals surface area contributed by atoms with Gasteiger partial charge in [-0.15, -0.1) is 0 Å². The van der Waals surface area contributed by atoms with Crippen LogP contribution < -0.4 is 5.32 Å². The summed E-state index contributed by atoms with van der Waals surface area (Å²) in [6, 6.07) is 3.11. The quantitative estimate of drug-likeness (QED) is 0.916. The molecule has 3 rings (SSSR count). The zero-order valence-electron chi connectivity index (χ0n) is 12.1. The van der Waals surface area contributed by atoms with Crippen LogP contribution in [0.25, 0.3) is 0 Å². The molecule has 1 N–H and O–H groups in total. The molecule has 0 bridgehead atoms. The first-order valence-corrected chi connectivity index (χ1v) is 7.31. The van der Waals surface area contributed by atoms with E-state index in [0.717, 1.165) is 24.6 Å². The van der Waals surface area contributed by atoms with Crippen LogP contribution >= 0.6 is 0 Å². The normalized spacial score (nSPS) is 25.5. The van der Waals surface area contributed by atoms with E-state index in [2.05, 4.69) is 5.32 Å². The number of anilines is 1. The molecule has 2 aliphatic rings. The Balaban J connectivity index is 1.60. The van der Waals surface area contributed by atoms with Crippen LogP contribution in [0.5, 0.6) is 0 Å². The van der Waals surface area contributed by atoms with Gasteiger partial charge < -0.3 is 14.8 Å². The van der Waals surface area contributed by atoms with Crippen molar-refractivity contribution < 1.29 is 23.0 Å². The molecular formula is C15H18F2N2O3. The van der Waals surface area contributed by atoms with E-state index in [9.17, 15) is 13.6 Å². The zero-order chi connectivity index (χ0) is 15.5. The number of amides is 1. The topological polar surface area (TPSA) is 50.8 Å². The number of benzene rings is 1. The number of ether oxygens (including phenoxy) is 2. The van der Waals surface area contributed by atoms with Crippen LogP contribution in [0.2, 0.25) is 0 Å². The fraction of sp³-hybridized carbons (Fsp3) is 0.533. The maximum absolute atomic E-state index is 13.1. The summed E-state index contributed by atoms with van der Waals surface area (Å²) in [6.45, 7) is 2.57. The molecule has 7 heteroatoms. The molecule has 1 aromatic rings. The van der Waals surface area contributed by atoms with E-state index in [1.807, 2.05) is 4.90 Å². The summed E-state index contributed by atoms with van der Waals surface area (Å²) in [5.74, 6) is -1.73. The van der Waals surface area contributed by atoms with Crippen LogP contribution in [0.3, 0.4) is 0 Å². The second-order valence-electron chi connectivity index (χ2n) is 5.52. The Kier molecular flexibility index (Phi) is 4.66. The number of morpholine rings is 1. The third kappa shape index (κ3) is 3.60. The van der Waals surface area contributed by atoms with Gasteiger partial charge in [-0.2, -0.15) is 0 Å². The SMILES string of the molecule is O=C(CN1CCO[C@H]2COCC[C@H]21)Nc1cc(F)cc(F)c1. The van der Waals surface area contributed by atoms with Gasteiger partial charge in [0.25, 0.3) is 0 Å². The fourth-order valence-electron chi connectivity index (χ4n) is 2.97. The van der Waals surface area contributed by atoms with E-state index >= 15 is 0 Å². The van der Waals surface area contributed by atoms with Crippen LogP contribution in [0.15, 0.2) is 18.2 Å². The number of hydrogen-bond donors (Lipinski definition) is 1. The molecule has 120 valence electrons. The number of carbonyl (C=O) groups excluding carboxylic acids is 1. The van der Waals surface area contributed by atoms with Crippen molar-refractivity contribution >= 4 is 11.6 Å². The van der Waals surface area contributed by atoms with Crippen LogP contribution in [0.4, 0.5) is 14.5 Å². The molecule has 0 unspecified atom stereocenters. The zero-order valence-corrected chi connectivity index (χ0v) is 12.1. The number of nitrogens with one attached hydrogen (secondary N) is 1. The molecule has 0 spiro atoms. The van der Waals surface area contributed by atoms with Gasteiger partial charge in [-0.25, -0.2) is 8.78 Å². The van der Waals surface area contributed by atoms with Crippen LogP contribution in [-0.4, -0.2) is 55.9 Å². The maximum atomic E-state index is 13.1. The molecule has 2 atom stereocenters. The first-order valence-electron chi connectivity index (χ1n) is 7.31. The summed E-state index contributed by atoms with van der Waals surface area (Å²) in [5, 5.41) is 2.53. The second-order valence-corrected chi connectivity index (χ2v) is 5.52. The Morgan fingerprint density at radius 1 is 1.27 bits per heavy atom. The van der Waals surface area contributed by atoms with Gasteiger partial charge in [0, 0.05) is 30.9 Å². The average Bonchev–Trinajstić information content (AvgIpc) is 2.46. The highest BCUT2D eigenvalue weighted by Crippen LogP contribution is 2.21. The van der Waals surface area contributed by atoms with Gasteiger partial charge in [-0.3, -0.25) is 9.69 Å². The van der Waals surface area contributed by atoms with Gasteiger partial charge in [0.2, 0.25) is 5.91 Å². The van der Waals surface area contributed by atoms with Gasteiger partial charge in [-0.1, -0.05) is 0 Å². The minimum atomic E-state index is -0.717. The molecule has 22 heavy (non-hydrogen) atoms. The molecule has 0 aliphatic carbocycles. The number of rotatable bonds is 3. The maximum Gasteiger partial charge on any atom is 0.238 e. The lowest BCUT2D eigenvalue weighted by Gasteiger charge is -2.43. The molecule has 1 amide bonds. The van der Waals surface area contributed by atoms with Crippen molar-refractivity contribution in [3.8, 4) is 0 Å². The third-order valence-electron chi connectivity index (χ3n) is 3.94. The Morgan fingerprint density at radius 3 is 2.82 bits per heavy atom. The van der Waals surface area contributed by atoms with Gasteiger partial charge in [0.05, 0.1) is 25.9 Å². The highest BCUT2D eigenvalue weighted by molar-refractivity contribution is 5.92. The van der Waals surface area contributed by atoms with E-state index in [0.29, 0.717) is 26.4 Å². The Bertz CT molecular complexity index is 533. The lowest BCUT2D eigenvalue weighted by Crippen LogP contribution is -2.57. The van der Waals surface area contributed by atoms with Gasteiger partial charge in [0.1, 0.15) is 11.6 Å². The van der Waals surface area contributed by atoms with Crippen molar-refractivity contribution in [1.29, 1.82) is 0 Å². The summed E-state index contributed by atoms with van der Waals surface area (Å²) in [7, 11) is 0. The van der Waals surface area contributed by atoms with E-state index in [1.165, 1.54) is 0 Å². The standard InChI is InChI=1S/C15H18F2N2O3/c16-10-5-11(17)7-12(6-10)18-15(20)8-19-2-4-22-14-9-21-3-1-13(14)19/h5-7,13-14H,1-4,8-9H2,(H,18,20)/t13-,14+/m1/s1. The number of carbonyl (C=O) groups is 1. The molecular weight excluding hydrogens is 294 g/mol. The summed E-state index contributed by atoms with van der Waals surface area (Å²) < 4.78 is 37.3. The first kappa shape index (κ1) is 15.3. The van der Waals surface area contributed by atoms with Crippen molar-refractivity contribution in [2.24, 2.45) is 0 Å². The number of fused-ring (bicyclic) bond motifs is 1. The fourth-order valence-corrected chi connectivity index (χ4v) is 2.97. The Hall–Kier alpha value is -1.57. The van der Waals surface area contributed by atoms with E-state index in [-0.39, 0.29) is 30.3 Å². The van der Waals surface area contributed by atoms with E-state index < -0.39 is 11.6 Å². The lowest BCUT2D eigenvalue weighted by atomic mass is 10.0. The summed E-state index contributed by atoms with van der Waals surface area (Å²) >= 11 is 0. The first-order chi connectivity index (χ1) is 10.6. The average molecular weight is 312 g/mol. The predicted molar refractivity (Wildman–Crippen MR) is 75.5 cm³/mol. The van der Waals surface area contributed by atoms with Crippen LogP contribution in [0, 0.1) is 11.6 Å². The molecule has 5 nitrogen and oxygen atoms in total. The number of nitrogens with zero attached hydrogens (tertiary/aromatic N) is 1. The summed E-state index contributed by atoms with van der Waals surface area (Å²) in [4.78, 5) is 14.2. The molecule has 0 radical (unpaired) electrons. The predicted octanol–water partition coefficient (Wildman–Crippen LogP) is 1.39. The highest BCUT2D eigenvalue weighted by Gasteiger charge is 2.35. The second kappa shape index (κ2) is 6.68. The lowest BCUT2D eigenvalue weighted by molar-refractivity contribution is -0.142. The molecule has 1 aromatic carbocycles. The summed E-state index contributed by atoms with van der Waals surface area (Å²) in [6.07, 6.45) is 0.800. The minimum absolute atomic E-state index is 0.0121. The van der Waals surface area contributed by atoms with E-state index in [1.54, 1.807) is 0 Å². The number of halogens is 2. The molecule has 2 aliphatic heterocycles. The van der Waals surface area contributed by atoms with Crippen LogP contribution in [0.1, 0.15) is 6.42 Å². The van der Waals surface area contributed by atoms with Crippen molar-refractivity contribution in [3.05, 3.63) is 29.8 Å². The van der Waals surface area contributed by atoms with Crippen molar-refractivity contribution in [3.63, 3.8) is 0 Å². The van der Waals surface area contributed by atoms with Crippen molar-refractivity contribution in [2.75, 3.05) is 38.2 Å². The third-order valence-corrected chi connectivity index (χ3v) is 3.94. The van der Waals surface area contributed by atoms with Crippen molar-refractivity contribution in [1.82, 2.24) is 4.90 Å². The number of hydrogen-bond acceptors (Lipinski definition) is 4. The van der Waals surface area contributed by atoms with Crippen LogP contribution in [-0.2, 0) is 14.3 Å². The monoisotopic (exact) mass is 312 g/mol. The minimum Gasteiger partial charge on any atom is -0.379 e. The molecule has 0 aromatic heterocycles. The molecule has 2 saturated heterocycles. The largest absolute Gasteiger partial charge is 0.379 e. The molecule has 2 heterocycles. The molecule has 2 fully saturated rings. The van der Waals surface area contributed by atoms with Gasteiger partial charge in [-0.05, 0) is 18.6 Å². The smallest absolute Gasteiger partial charge is 0.238 e. The Labute approximate surface area is 127 Å². The summed E-state index contributed by atoms with van der Waals surface area (Å²) in [5.41, 5.74) is 0.124. The van der Waals surface area contributed by atoms with Crippen molar-refractivity contribution in [2.45, 2.75) is 18.6 Å². The van der Waals surface area contributed by atoms with Gasteiger partial charge in [0.15, 0.2) is 0 Å².